The van der Waals surface area contributed by atoms with Crippen LogP contribution in [0, 0.1) is 0 Å². The van der Waals surface area contributed by atoms with Crippen LogP contribution in [0.4, 0.5) is 0 Å². The van der Waals surface area contributed by atoms with E-state index in [9.17, 15) is 4.79 Å². The number of carbonyl (C=O) groups is 1. The van der Waals surface area contributed by atoms with Gasteiger partial charge in [-0.25, -0.2) is 0 Å². The van der Waals surface area contributed by atoms with Crippen LogP contribution in [0.1, 0.15) is 66.7 Å². The number of carbonyl (C=O) groups excluding carboxylic acids is 1. The average molecular weight is 384 g/mol. The number of hydrogen-bond acceptors (Lipinski definition) is 3. The van der Waals surface area contributed by atoms with Crippen molar-refractivity contribution in [1.82, 2.24) is 14.8 Å². The minimum absolute atomic E-state index is 0.0301. The number of aryl methyl sites for hydroxylation is 1. The van der Waals surface area contributed by atoms with Gasteiger partial charge in [0.1, 0.15) is 5.75 Å². The summed E-state index contributed by atoms with van der Waals surface area (Å²) < 4.78 is 7.52. The van der Waals surface area contributed by atoms with Crippen molar-refractivity contribution >= 4 is 5.91 Å². The maximum Gasteiger partial charge on any atom is 0.253 e. The Hall–Kier alpha value is -2.27. The van der Waals surface area contributed by atoms with Gasteiger partial charge in [0.15, 0.2) is 0 Å². The number of amides is 1. The number of nitrogens with one attached hydrogen (secondary N) is 1. The SMILES string of the molecule is CCN(CC)C(CNC(=O)c1ccn(C)c1C1CCC1)c1cccc(OC)c1. The molecule has 5 heteroatoms. The normalized spacial score (nSPS) is 15.3. The third-order valence-electron chi connectivity index (χ3n) is 6.04. The van der Waals surface area contributed by atoms with E-state index in [2.05, 4.69) is 40.8 Å². The van der Waals surface area contributed by atoms with Gasteiger partial charge in [0.05, 0.1) is 18.7 Å². The van der Waals surface area contributed by atoms with Gasteiger partial charge in [-0.05, 0) is 55.6 Å². The number of nitrogens with zero attached hydrogens (tertiary/aromatic N) is 2. The minimum Gasteiger partial charge on any atom is -0.497 e. The van der Waals surface area contributed by atoms with Crippen LogP contribution >= 0.6 is 0 Å². The molecule has 0 radical (unpaired) electrons. The van der Waals surface area contributed by atoms with Crippen LogP contribution < -0.4 is 10.1 Å². The lowest BCUT2D eigenvalue weighted by Crippen LogP contribution is -2.38. The Kier molecular flexibility index (Phi) is 6.79. The van der Waals surface area contributed by atoms with Crippen molar-refractivity contribution in [2.75, 3.05) is 26.7 Å². The Morgan fingerprint density at radius 1 is 1.29 bits per heavy atom. The van der Waals surface area contributed by atoms with Gasteiger partial charge in [0.25, 0.3) is 5.91 Å². The lowest BCUT2D eigenvalue weighted by atomic mass is 9.81. The summed E-state index contributed by atoms with van der Waals surface area (Å²) >= 11 is 0. The fourth-order valence-corrected chi connectivity index (χ4v) is 4.18. The highest BCUT2D eigenvalue weighted by molar-refractivity contribution is 5.95. The van der Waals surface area contributed by atoms with Crippen LogP contribution in [0.25, 0.3) is 0 Å². The first-order valence-corrected chi connectivity index (χ1v) is 10.4. The largest absolute Gasteiger partial charge is 0.497 e. The molecule has 1 unspecified atom stereocenters. The van der Waals surface area contributed by atoms with E-state index in [0.29, 0.717) is 12.5 Å². The molecule has 1 aliphatic rings. The number of likely N-dealkylation sites (N-methyl/N-ethyl adjacent to an activating group) is 1. The molecule has 1 aromatic carbocycles. The average Bonchev–Trinajstić information content (AvgIpc) is 3.05. The van der Waals surface area contributed by atoms with Gasteiger partial charge >= 0.3 is 0 Å². The molecule has 0 spiro atoms. The lowest BCUT2D eigenvalue weighted by Gasteiger charge is -2.31. The van der Waals surface area contributed by atoms with E-state index in [1.165, 1.54) is 25.0 Å². The quantitative estimate of drug-likeness (QED) is 0.709. The molecule has 1 aromatic heterocycles. The van der Waals surface area contributed by atoms with E-state index in [1.807, 2.05) is 31.4 Å². The molecular weight excluding hydrogens is 350 g/mol. The summed E-state index contributed by atoms with van der Waals surface area (Å²) in [6.07, 6.45) is 5.64. The molecule has 0 saturated heterocycles. The molecule has 1 aliphatic carbocycles. The summed E-state index contributed by atoms with van der Waals surface area (Å²) in [6.45, 7) is 6.74. The van der Waals surface area contributed by atoms with Crippen molar-refractivity contribution in [1.29, 1.82) is 0 Å². The van der Waals surface area contributed by atoms with E-state index in [0.717, 1.165) is 30.0 Å². The van der Waals surface area contributed by atoms with Gasteiger partial charge in [-0.3, -0.25) is 9.69 Å². The first kappa shape index (κ1) is 20.5. The van der Waals surface area contributed by atoms with E-state index < -0.39 is 0 Å². The van der Waals surface area contributed by atoms with Gasteiger partial charge in [-0.15, -0.1) is 0 Å². The van der Waals surface area contributed by atoms with Crippen LogP contribution in [0.3, 0.4) is 0 Å². The Morgan fingerprint density at radius 3 is 2.64 bits per heavy atom. The molecule has 5 nitrogen and oxygen atoms in total. The van der Waals surface area contributed by atoms with E-state index in [1.54, 1.807) is 7.11 Å². The Morgan fingerprint density at radius 2 is 2.04 bits per heavy atom. The van der Waals surface area contributed by atoms with E-state index in [-0.39, 0.29) is 11.9 Å². The molecule has 1 saturated carbocycles. The second-order valence-corrected chi connectivity index (χ2v) is 7.58. The number of benzene rings is 1. The van der Waals surface area contributed by atoms with Crippen molar-refractivity contribution in [2.45, 2.75) is 45.1 Å². The summed E-state index contributed by atoms with van der Waals surface area (Å²) in [5, 5.41) is 3.21. The molecular formula is C23H33N3O2. The highest BCUT2D eigenvalue weighted by atomic mass is 16.5. The van der Waals surface area contributed by atoms with Crippen molar-refractivity contribution in [3.63, 3.8) is 0 Å². The zero-order valence-electron chi connectivity index (χ0n) is 17.6. The predicted molar refractivity (Wildman–Crippen MR) is 113 cm³/mol. The van der Waals surface area contributed by atoms with Crippen LogP contribution in [0.15, 0.2) is 36.5 Å². The van der Waals surface area contributed by atoms with E-state index >= 15 is 0 Å². The fraction of sp³-hybridized carbons (Fsp3) is 0.522. The monoisotopic (exact) mass is 383 g/mol. The molecule has 1 amide bonds. The van der Waals surface area contributed by atoms with Gasteiger partial charge in [-0.2, -0.15) is 0 Å². The number of methoxy groups -OCH3 is 1. The molecule has 2 aromatic rings. The summed E-state index contributed by atoms with van der Waals surface area (Å²) in [6, 6.07) is 10.2. The molecule has 0 bridgehead atoms. The molecule has 1 heterocycles. The topological polar surface area (TPSA) is 46.5 Å². The second-order valence-electron chi connectivity index (χ2n) is 7.58. The third-order valence-corrected chi connectivity index (χ3v) is 6.04. The third kappa shape index (κ3) is 4.25. The number of ether oxygens (including phenoxy) is 1. The molecule has 1 N–H and O–H groups in total. The van der Waals surface area contributed by atoms with Gasteiger partial charge in [0, 0.05) is 25.5 Å². The zero-order valence-corrected chi connectivity index (χ0v) is 17.6. The van der Waals surface area contributed by atoms with Crippen LogP contribution in [0.5, 0.6) is 5.75 Å². The second kappa shape index (κ2) is 9.28. The Bertz CT molecular complexity index is 791. The highest BCUT2D eigenvalue weighted by Gasteiger charge is 2.28. The number of hydrogen-bond donors (Lipinski definition) is 1. The predicted octanol–water partition coefficient (Wildman–Crippen LogP) is 4.11. The molecule has 0 aliphatic heterocycles. The standard InChI is InChI=1S/C23H33N3O2/c1-5-26(6-2)21(18-11-8-12-19(15-18)28-4)16-24-23(27)20-13-14-25(3)22(20)17-9-7-10-17/h8,11-15,17,21H,5-7,9-10,16H2,1-4H3,(H,24,27). The summed E-state index contributed by atoms with van der Waals surface area (Å²) in [4.78, 5) is 15.4. The minimum atomic E-state index is 0.0301. The zero-order chi connectivity index (χ0) is 20.1. The molecule has 1 fully saturated rings. The maximum absolute atomic E-state index is 13.0. The van der Waals surface area contributed by atoms with Crippen molar-refractivity contribution in [2.24, 2.45) is 7.05 Å². The van der Waals surface area contributed by atoms with Crippen LogP contribution in [-0.4, -0.2) is 42.1 Å². The summed E-state index contributed by atoms with van der Waals surface area (Å²) in [7, 11) is 3.73. The first-order valence-electron chi connectivity index (χ1n) is 10.4. The first-order chi connectivity index (χ1) is 13.6. The van der Waals surface area contributed by atoms with Crippen LogP contribution in [0.2, 0.25) is 0 Å². The molecule has 152 valence electrons. The van der Waals surface area contributed by atoms with Crippen molar-refractivity contribution in [3.05, 3.63) is 53.3 Å². The number of rotatable bonds is 9. The maximum atomic E-state index is 13.0. The summed E-state index contributed by atoms with van der Waals surface area (Å²) in [5.41, 5.74) is 3.18. The fourth-order valence-electron chi connectivity index (χ4n) is 4.18. The van der Waals surface area contributed by atoms with Crippen LogP contribution in [-0.2, 0) is 7.05 Å². The van der Waals surface area contributed by atoms with Gasteiger partial charge in [-0.1, -0.05) is 32.4 Å². The van der Waals surface area contributed by atoms with Crippen molar-refractivity contribution < 1.29 is 9.53 Å². The number of aromatic nitrogens is 1. The van der Waals surface area contributed by atoms with Gasteiger partial charge < -0.3 is 14.6 Å². The molecule has 28 heavy (non-hydrogen) atoms. The lowest BCUT2D eigenvalue weighted by molar-refractivity contribution is 0.0932. The Balaban J connectivity index is 1.77. The highest BCUT2D eigenvalue weighted by Crippen LogP contribution is 2.38. The smallest absolute Gasteiger partial charge is 0.253 e. The van der Waals surface area contributed by atoms with Crippen molar-refractivity contribution in [3.8, 4) is 5.75 Å². The van der Waals surface area contributed by atoms with E-state index in [4.69, 9.17) is 4.74 Å². The molecule has 1 atom stereocenters. The molecule has 3 rings (SSSR count). The van der Waals surface area contributed by atoms with Gasteiger partial charge in [0.2, 0.25) is 0 Å². The Labute approximate surface area is 168 Å². The summed E-state index contributed by atoms with van der Waals surface area (Å²) in [5.74, 6) is 1.40.